The van der Waals surface area contributed by atoms with E-state index >= 15 is 0 Å². The lowest BCUT2D eigenvalue weighted by Crippen LogP contribution is -2.65. The number of ether oxygens (including phenoxy) is 2. The van der Waals surface area contributed by atoms with Crippen molar-refractivity contribution in [2.24, 2.45) is 11.7 Å². The zero-order valence-electron chi connectivity index (χ0n) is 12.2. The Kier molecular flexibility index (Phi) is 4.12. The Morgan fingerprint density at radius 3 is 3.05 bits per heavy atom. The predicted molar refractivity (Wildman–Crippen MR) is 79.1 cm³/mol. The zero-order chi connectivity index (χ0) is 14.8. The molecule has 0 radical (unpaired) electrons. The first-order valence-corrected chi connectivity index (χ1v) is 7.57. The van der Waals surface area contributed by atoms with Gasteiger partial charge in [0.25, 0.3) is 0 Å². The normalized spacial score (nSPS) is 30.8. The minimum absolute atomic E-state index is 0.00866. The lowest BCUT2D eigenvalue weighted by Gasteiger charge is -2.43. The molecule has 5 heteroatoms. The summed E-state index contributed by atoms with van der Waals surface area (Å²) in [5, 5.41) is 3.03. The maximum absolute atomic E-state index is 12.4. The van der Waals surface area contributed by atoms with E-state index in [0.717, 1.165) is 17.7 Å². The molecule has 1 aromatic rings. The number of hydrogen-bond donors (Lipinski definition) is 2. The van der Waals surface area contributed by atoms with E-state index in [1.165, 1.54) is 0 Å². The number of carbonyl (C=O) groups is 1. The maximum Gasteiger partial charge on any atom is 0.227 e. The Morgan fingerprint density at radius 1 is 1.48 bits per heavy atom. The van der Waals surface area contributed by atoms with Crippen LogP contribution >= 0.6 is 0 Å². The number of nitrogens with two attached hydrogens (primary N) is 1. The highest BCUT2D eigenvalue weighted by Crippen LogP contribution is 2.28. The molecule has 1 amide bonds. The molecule has 21 heavy (non-hydrogen) atoms. The smallest absolute Gasteiger partial charge is 0.227 e. The van der Waals surface area contributed by atoms with E-state index in [1.54, 1.807) is 0 Å². The molecule has 1 fully saturated rings. The molecule has 2 aliphatic rings. The molecule has 114 valence electrons. The number of para-hydroxylation sites is 1. The molecule has 1 aliphatic carbocycles. The van der Waals surface area contributed by atoms with Gasteiger partial charge in [-0.1, -0.05) is 18.2 Å². The van der Waals surface area contributed by atoms with Crippen LogP contribution in [0.4, 0.5) is 0 Å². The number of carbonyl (C=O) groups excluding carboxylic acids is 1. The van der Waals surface area contributed by atoms with E-state index in [-0.39, 0.29) is 30.0 Å². The van der Waals surface area contributed by atoms with Gasteiger partial charge in [-0.05, 0) is 31.4 Å². The van der Waals surface area contributed by atoms with Gasteiger partial charge in [0.05, 0.1) is 18.1 Å². The predicted octanol–water partition coefficient (Wildman–Crippen LogP) is 0.859. The van der Waals surface area contributed by atoms with Gasteiger partial charge >= 0.3 is 0 Å². The minimum Gasteiger partial charge on any atom is -0.492 e. The number of fused-ring (bicyclic) bond motifs is 1. The zero-order valence-corrected chi connectivity index (χ0v) is 12.2. The van der Waals surface area contributed by atoms with Crippen molar-refractivity contribution in [3.63, 3.8) is 0 Å². The summed E-state index contributed by atoms with van der Waals surface area (Å²) in [5.74, 6) is 0.735. The molecule has 5 nitrogen and oxygen atoms in total. The van der Waals surface area contributed by atoms with Crippen molar-refractivity contribution in [1.29, 1.82) is 0 Å². The van der Waals surface area contributed by atoms with E-state index in [0.29, 0.717) is 19.6 Å². The number of nitrogens with one attached hydrogen (secondary N) is 1. The van der Waals surface area contributed by atoms with Gasteiger partial charge in [0.15, 0.2) is 0 Å². The van der Waals surface area contributed by atoms with Crippen LogP contribution in [-0.2, 0) is 16.0 Å². The molecular weight excluding hydrogens is 268 g/mol. The van der Waals surface area contributed by atoms with Crippen LogP contribution in [0.15, 0.2) is 24.3 Å². The second-order valence-corrected chi connectivity index (χ2v) is 5.75. The summed E-state index contributed by atoms with van der Waals surface area (Å²) in [7, 11) is 0. The fourth-order valence-corrected chi connectivity index (χ4v) is 3.01. The van der Waals surface area contributed by atoms with Crippen molar-refractivity contribution in [3.8, 4) is 5.75 Å². The van der Waals surface area contributed by atoms with Gasteiger partial charge in [0.1, 0.15) is 12.4 Å². The molecule has 0 bridgehead atoms. The summed E-state index contributed by atoms with van der Waals surface area (Å²) in [6.07, 6.45) is 1.57. The Bertz CT molecular complexity index is 518. The quantitative estimate of drug-likeness (QED) is 0.862. The van der Waals surface area contributed by atoms with Crippen molar-refractivity contribution in [1.82, 2.24) is 5.32 Å². The van der Waals surface area contributed by atoms with Gasteiger partial charge in [-0.3, -0.25) is 4.79 Å². The van der Waals surface area contributed by atoms with Crippen LogP contribution in [0.5, 0.6) is 5.75 Å². The Balaban J connectivity index is 1.59. The third-order valence-corrected chi connectivity index (χ3v) is 4.31. The van der Waals surface area contributed by atoms with Crippen molar-refractivity contribution in [2.45, 2.75) is 38.0 Å². The number of rotatable bonds is 4. The average molecular weight is 290 g/mol. The lowest BCUT2D eigenvalue weighted by atomic mass is 9.82. The highest BCUT2D eigenvalue weighted by atomic mass is 16.5. The van der Waals surface area contributed by atoms with E-state index in [1.807, 2.05) is 31.2 Å². The molecular formula is C16H22N2O3. The number of benzene rings is 1. The van der Waals surface area contributed by atoms with Gasteiger partial charge in [-0.25, -0.2) is 0 Å². The van der Waals surface area contributed by atoms with Crippen LogP contribution in [0.3, 0.4) is 0 Å². The average Bonchev–Trinajstić information content (AvgIpc) is 2.51. The summed E-state index contributed by atoms with van der Waals surface area (Å²) in [4.78, 5) is 12.4. The summed E-state index contributed by atoms with van der Waals surface area (Å²) in [6, 6.07) is 7.77. The van der Waals surface area contributed by atoms with Crippen molar-refractivity contribution in [3.05, 3.63) is 29.8 Å². The Hall–Kier alpha value is -1.59. The molecule has 3 rings (SSSR count). The maximum atomic E-state index is 12.4. The van der Waals surface area contributed by atoms with Crippen molar-refractivity contribution >= 4 is 5.91 Å². The van der Waals surface area contributed by atoms with Crippen LogP contribution in [0.25, 0.3) is 0 Å². The fourth-order valence-electron chi connectivity index (χ4n) is 3.01. The molecule has 4 unspecified atom stereocenters. The molecule has 0 saturated heterocycles. The third kappa shape index (κ3) is 2.89. The van der Waals surface area contributed by atoms with Gasteiger partial charge < -0.3 is 20.5 Å². The molecule has 1 aliphatic heterocycles. The van der Waals surface area contributed by atoms with Crippen molar-refractivity contribution < 1.29 is 14.3 Å². The van der Waals surface area contributed by atoms with Crippen LogP contribution in [0, 0.1) is 5.92 Å². The molecule has 0 aromatic heterocycles. The Morgan fingerprint density at radius 2 is 2.29 bits per heavy atom. The summed E-state index contributed by atoms with van der Waals surface area (Å²) < 4.78 is 11.2. The van der Waals surface area contributed by atoms with E-state index in [9.17, 15) is 4.79 Å². The van der Waals surface area contributed by atoms with Gasteiger partial charge in [0.2, 0.25) is 5.91 Å². The molecule has 1 saturated carbocycles. The third-order valence-electron chi connectivity index (χ3n) is 4.31. The SMILES string of the molecule is CCOC1CC(N)C1NC(=O)C1COc2ccccc2C1. The second kappa shape index (κ2) is 6.03. The second-order valence-electron chi connectivity index (χ2n) is 5.75. The monoisotopic (exact) mass is 290 g/mol. The fraction of sp³-hybridized carbons (Fsp3) is 0.562. The minimum atomic E-state index is -0.157. The number of hydrogen-bond acceptors (Lipinski definition) is 4. The van der Waals surface area contributed by atoms with E-state index < -0.39 is 0 Å². The van der Waals surface area contributed by atoms with Crippen LogP contribution in [0.2, 0.25) is 0 Å². The van der Waals surface area contributed by atoms with Gasteiger partial charge in [-0.2, -0.15) is 0 Å². The van der Waals surface area contributed by atoms with Crippen LogP contribution < -0.4 is 15.8 Å². The van der Waals surface area contributed by atoms with Gasteiger partial charge in [0, 0.05) is 12.6 Å². The van der Waals surface area contributed by atoms with Crippen LogP contribution in [0.1, 0.15) is 18.9 Å². The summed E-state index contributed by atoms with van der Waals surface area (Å²) in [5.41, 5.74) is 7.06. The molecule has 0 spiro atoms. The molecule has 4 atom stereocenters. The van der Waals surface area contributed by atoms with Gasteiger partial charge in [-0.15, -0.1) is 0 Å². The number of amides is 1. The highest BCUT2D eigenvalue weighted by molar-refractivity contribution is 5.80. The Labute approximate surface area is 124 Å². The lowest BCUT2D eigenvalue weighted by molar-refractivity contribution is -0.131. The molecule has 1 aromatic carbocycles. The largest absolute Gasteiger partial charge is 0.492 e. The standard InChI is InChI=1S/C16H22N2O3/c1-2-20-14-8-12(17)15(14)18-16(19)11-7-10-5-3-4-6-13(10)21-9-11/h3-6,11-12,14-15H,2,7-9,17H2,1H3,(H,18,19). The molecule has 3 N–H and O–H groups in total. The summed E-state index contributed by atoms with van der Waals surface area (Å²) >= 11 is 0. The van der Waals surface area contributed by atoms with E-state index in [2.05, 4.69) is 5.32 Å². The first-order chi connectivity index (χ1) is 10.2. The van der Waals surface area contributed by atoms with E-state index in [4.69, 9.17) is 15.2 Å². The molecule has 1 heterocycles. The van der Waals surface area contributed by atoms with Crippen molar-refractivity contribution in [2.75, 3.05) is 13.2 Å². The topological polar surface area (TPSA) is 73.6 Å². The summed E-state index contributed by atoms with van der Waals surface area (Å²) in [6.45, 7) is 3.02. The first-order valence-electron chi connectivity index (χ1n) is 7.57. The first kappa shape index (κ1) is 14.4. The highest BCUT2D eigenvalue weighted by Gasteiger charge is 2.41. The van der Waals surface area contributed by atoms with Crippen LogP contribution in [-0.4, -0.2) is 37.3 Å².